The van der Waals surface area contributed by atoms with Crippen molar-refractivity contribution in [2.24, 2.45) is 5.73 Å². The number of oxazole rings is 1. The number of aliphatic carboxylic acids is 1. The third kappa shape index (κ3) is 1.57. The van der Waals surface area contributed by atoms with E-state index in [2.05, 4.69) is 4.98 Å². The van der Waals surface area contributed by atoms with E-state index in [-0.39, 0.29) is 11.1 Å². The summed E-state index contributed by atoms with van der Waals surface area (Å²) in [6.45, 7) is 1.58. The molecular formula is C6H7ClN2O3. The molecule has 6 heteroatoms. The van der Waals surface area contributed by atoms with Crippen LogP contribution in [0.2, 0.25) is 5.35 Å². The van der Waals surface area contributed by atoms with Gasteiger partial charge in [-0.3, -0.25) is 4.79 Å². The lowest BCUT2D eigenvalue weighted by molar-refractivity contribution is -0.139. The molecule has 0 spiro atoms. The van der Waals surface area contributed by atoms with Gasteiger partial charge in [-0.25, -0.2) is 4.98 Å². The van der Waals surface area contributed by atoms with Crippen molar-refractivity contribution in [1.82, 2.24) is 4.98 Å². The molecule has 1 atom stereocenters. The summed E-state index contributed by atoms with van der Waals surface area (Å²) in [5.41, 5.74) is 5.66. The third-order valence-corrected chi connectivity index (χ3v) is 1.52. The summed E-state index contributed by atoms with van der Waals surface area (Å²) in [5, 5.41) is 8.42. The minimum Gasteiger partial charge on any atom is -0.480 e. The van der Waals surface area contributed by atoms with Gasteiger partial charge in [0.2, 0.25) is 0 Å². The molecule has 3 N–H and O–H groups in total. The molecule has 5 nitrogen and oxygen atoms in total. The number of nitrogens with two attached hydrogens (primary N) is 1. The molecular weight excluding hydrogens is 184 g/mol. The summed E-state index contributed by atoms with van der Waals surface area (Å²) in [6.07, 6.45) is 0. The van der Waals surface area contributed by atoms with Gasteiger partial charge in [0.1, 0.15) is 0 Å². The highest BCUT2D eigenvalue weighted by Crippen LogP contribution is 2.19. The average molecular weight is 191 g/mol. The van der Waals surface area contributed by atoms with E-state index >= 15 is 0 Å². The van der Waals surface area contributed by atoms with Gasteiger partial charge in [-0.05, 0) is 18.5 Å². The van der Waals surface area contributed by atoms with Gasteiger partial charge in [-0.1, -0.05) is 0 Å². The molecule has 1 unspecified atom stereocenters. The van der Waals surface area contributed by atoms with Crippen molar-refractivity contribution in [2.75, 3.05) is 0 Å². The van der Waals surface area contributed by atoms with E-state index < -0.39 is 12.0 Å². The molecule has 12 heavy (non-hydrogen) atoms. The number of aromatic nitrogens is 1. The number of carboxylic acids is 1. The number of carbonyl (C=O) groups is 1. The van der Waals surface area contributed by atoms with Crippen molar-refractivity contribution < 1.29 is 14.3 Å². The van der Waals surface area contributed by atoms with Crippen LogP contribution in [0, 0.1) is 6.92 Å². The van der Waals surface area contributed by atoms with Crippen LogP contribution in [0.3, 0.4) is 0 Å². The minimum absolute atomic E-state index is 0.0903. The molecule has 0 bridgehead atoms. The van der Waals surface area contributed by atoms with Crippen LogP contribution >= 0.6 is 11.6 Å². The molecule has 0 radical (unpaired) electrons. The summed E-state index contributed by atoms with van der Waals surface area (Å²) >= 11 is 5.39. The van der Waals surface area contributed by atoms with E-state index in [1.165, 1.54) is 0 Å². The first-order valence-electron chi connectivity index (χ1n) is 3.13. The number of carboxylic acid groups (broad SMARTS) is 1. The number of rotatable bonds is 2. The first-order chi connectivity index (χ1) is 5.52. The fourth-order valence-corrected chi connectivity index (χ4v) is 0.985. The summed E-state index contributed by atoms with van der Waals surface area (Å²) in [4.78, 5) is 14.1. The lowest BCUT2D eigenvalue weighted by Gasteiger charge is -2.01. The Morgan fingerprint density at radius 2 is 2.42 bits per heavy atom. The average Bonchev–Trinajstić information content (AvgIpc) is 2.28. The predicted octanol–water partition coefficient (Wildman–Crippen LogP) is 0.721. The van der Waals surface area contributed by atoms with Crippen LogP contribution in [0.1, 0.15) is 17.5 Å². The molecule has 0 aromatic carbocycles. The maximum atomic E-state index is 10.4. The number of hydrogen-bond acceptors (Lipinski definition) is 4. The number of aryl methyl sites for hydroxylation is 1. The van der Waals surface area contributed by atoms with Crippen LogP contribution in [0.4, 0.5) is 0 Å². The van der Waals surface area contributed by atoms with Gasteiger partial charge >= 0.3 is 5.97 Å². The number of hydrogen-bond donors (Lipinski definition) is 2. The molecule has 0 aliphatic carbocycles. The molecule has 1 aromatic heterocycles. The first-order valence-corrected chi connectivity index (χ1v) is 3.51. The van der Waals surface area contributed by atoms with E-state index in [1.54, 1.807) is 6.92 Å². The molecule has 0 aliphatic heterocycles. The Hall–Kier alpha value is -1.07. The highest BCUT2D eigenvalue weighted by atomic mass is 35.5. The van der Waals surface area contributed by atoms with Crippen LogP contribution in [0.5, 0.6) is 0 Å². The Bertz CT molecular complexity index is 310. The quantitative estimate of drug-likeness (QED) is 0.717. The van der Waals surface area contributed by atoms with Gasteiger partial charge in [-0.2, -0.15) is 0 Å². The molecule has 0 fully saturated rings. The standard InChI is InChI=1S/C6H7ClN2O3/c1-2-4(3(8)5(10)11)12-6(7)9-2/h3H,8H2,1H3,(H,10,11). The molecule has 1 aromatic rings. The monoisotopic (exact) mass is 190 g/mol. The number of nitrogens with zero attached hydrogens (tertiary/aromatic N) is 1. The van der Waals surface area contributed by atoms with Crippen LogP contribution < -0.4 is 5.73 Å². The summed E-state index contributed by atoms with van der Waals surface area (Å²) < 4.78 is 4.79. The first kappa shape index (κ1) is 9.02. The topological polar surface area (TPSA) is 89.4 Å². The van der Waals surface area contributed by atoms with Gasteiger partial charge in [-0.15, -0.1) is 0 Å². The van der Waals surface area contributed by atoms with E-state index in [1.807, 2.05) is 0 Å². The Balaban J connectivity index is 3.02. The maximum absolute atomic E-state index is 10.4. The van der Waals surface area contributed by atoms with Gasteiger partial charge < -0.3 is 15.3 Å². The van der Waals surface area contributed by atoms with Crippen molar-refractivity contribution in [3.63, 3.8) is 0 Å². The fourth-order valence-electron chi connectivity index (χ4n) is 0.775. The van der Waals surface area contributed by atoms with Crippen LogP contribution in [-0.4, -0.2) is 16.1 Å². The number of halogens is 1. The Morgan fingerprint density at radius 1 is 1.83 bits per heavy atom. The van der Waals surface area contributed by atoms with Crippen molar-refractivity contribution >= 4 is 17.6 Å². The van der Waals surface area contributed by atoms with Crippen LogP contribution in [-0.2, 0) is 4.79 Å². The lowest BCUT2D eigenvalue weighted by atomic mass is 10.2. The molecule has 0 amide bonds. The fraction of sp³-hybridized carbons (Fsp3) is 0.333. The van der Waals surface area contributed by atoms with Crippen molar-refractivity contribution in [1.29, 1.82) is 0 Å². The third-order valence-electron chi connectivity index (χ3n) is 1.35. The molecule has 1 rings (SSSR count). The smallest absolute Gasteiger partial charge is 0.328 e. The van der Waals surface area contributed by atoms with E-state index in [0.717, 1.165) is 0 Å². The van der Waals surface area contributed by atoms with Crippen molar-refractivity contribution in [3.8, 4) is 0 Å². The van der Waals surface area contributed by atoms with Gasteiger partial charge in [0.15, 0.2) is 11.8 Å². The van der Waals surface area contributed by atoms with Gasteiger partial charge in [0, 0.05) is 0 Å². The highest BCUT2D eigenvalue weighted by Gasteiger charge is 2.22. The van der Waals surface area contributed by atoms with Crippen LogP contribution in [0.15, 0.2) is 4.42 Å². The maximum Gasteiger partial charge on any atom is 0.328 e. The van der Waals surface area contributed by atoms with Crippen molar-refractivity contribution in [2.45, 2.75) is 13.0 Å². The van der Waals surface area contributed by atoms with Gasteiger partial charge in [0.25, 0.3) is 5.35 Å². The van der Waals surface area contributed by atoms with E-state index in [4.69, 9.17) is 26.9 Å². The Labute approximate surface area is 73.1 Å². The van der Waals surface area contributed by atoms with E-state index in [0.29, 0.717) is 5.69 Å². The zero-order valence-corrected chi connectivity index (χ0v) is 7.00. The largest absolute Gasteiger partial charge is 0.480 e. The molecule has 0 aliphatic rings. The minimum atomic E-state index is -1.20. The van der Waals surface area contributed by atoms with Crippen molar-refractivity contribution in [3.05, 3.63) is 16.8 Å². The highest BCUT2D eigenvalue weighted by molar-refractivity contribution is 6.27. The van der Waals surface area contributed by atoms with Crippen LogP contribution in [0.25, 0.3) is 0 Å². The molecule has 1 heterocycles. The predicted molar refractivity (Wildman–Crippen MR) is 40.8 cm³/mol. The second kappa shape index (κ2) is 3.12. The summed E-state index contributed by atoms with van der Waals surface area (Å²) in [5.74, 6) is -1.08. The van der Waals surface area contributed by atoms with Gasteiger partial charge in [0.05, 0.1) is 5.69 Å². The molecule has 66 valence electrons. The molecule has 0 saturated carbocycles. The van der Waals surface area contributed by atoms with E-state index in [9.17, 15) is 4.79 Å². The normalized spacial score (nSPS) is 12.9. The lowest BCUT2D eigenvalue weighted by Crippen LogP contribution is -2.20. The second-order valence-corrected chi connectivity index (χ2v) is 2.56. The Kier molecular flexibility index (Phi) is 2.35. The summed E-state index contributed by atoms with van der Waals surface area (Å²) in [7, 11) is 0. The molecule has 0 saturated heterocycles. The zero-order chi connectivity index (χ0) is 9.30. The summed E-state index contributed by atoms with van der Waals surface area (Å²) in [6, 6.07) is -1.20. The SMILES string of the molecule is Cc1nc(Cl)oc1C(N)C(=O)O. The zero-order valence-electron chi connectivity index (χ0n) is 6.24. The Morgan fingerprint density at radius 3 is 2.75 bits per heavy atom. The second-order valence-electron chi connectivity index (χ2n) is 2.23.